The largest absolute Gasteiger partial charge is 0.497 e. The van der Waals surface area contributed by atoms with Crippen LogP contribution < -0.4 is 15.0 Å². The number of hydrogen-bond acceptors (Lipinski definition) is 3. The molecule has 2 N–H and O–H groups in total. The standard InChI is InChI=1S/C19H29N3O3/c1-21(14-19(24)22(2)16-7-5-4-6-8-16)13-18(23)20-15-9-11-17(25-3)12-10-15/h9-12,16H,4-8,13-14H2,1-3H3,(H,20,23)/p+1. The fourth-order valence-electron chi connectivity index (χ4n) is 3.27. The van der Waals surface area contributed by atoms with Crippen LogP contribution in [0.3, 0.4) is 0 Å². The Morgan fingerprint density at radius 1 is 1.16 bits per heavy atom. The van der Waals surface area contributed by atoms with E-state index in [9.17, 15) is 9.59 Å². The van der Waals surface area contributed by atoms with E-state index in [1.165, 1.54) is 19.3 Å². The van der Waals surface area contributed by atoms with Gasteiger partial charge < -0.3 is 19.9 Å². The lowest BCUT2D eigenvalue weighted by atomic mass is 9.94. The maximum absolute atomic E-state index is 12.4. The minimum Gasteiger partial charge on any atom is -0.497 e. The smallest absolute Gasteiger partial charge is 0.279 e. The van der Waals surface area contributed by atoms with E-state index in [1.807, 2.05) is 19.0 Å². The van der Waals surface area contributed by atoms with Crippen molar-refractivity contribution in [3.05, 3.63) is 24.3 Å². The number of ether oxygens (including phenoxy) is 1. The molecular formula is C19H30N3O3+. The molecule has 0 spiro atoms. The number of amides is 2. The van der Waals surface area contributed by atoms with Gasteiger partial charge in [-0.3, -0.25) is 9.59 Å². The Labute approximate surface area is 150 Å². The van der Waals surface area contributed by atoms with Gasteiger partial charge in [0.15, 0.2) is 13.1 Å². The first kappa shape index (κ1) is 19.2. The van der Waals surface area contributed by atoms with Crippen molar-refractivity contribution in [1.82, 2.24) is 4.90 Å². The molecule has 1 atom stereocenters. The van der Waals surface area contributed by atoms with E-state index in [2.05, 4.69) is 5.32 Å². The summed E-state index contributed by atoms with van der Waals surface area (Å²) in [6.07, 6.45) is 5.87. The second-order valence-corrected chi connectivity index (χ2v) is 6.88. The Kier molecular flexibility index (Phi) is 7.25. The summed E-state index contributed by atoms with van der Waals surface area (Å²) in [5.74, 6) is 0.759. The number of anilines is 1. The average molecular weight is 348 g/mol. The zero-order valence-electron chi connectivity index (χ0n) is 15.5. The number of rotatable bonds is 7. The first-order chi connectivity index (χ1) is 12.0. The third-order valence-corrected chi connectivity index (χ3v) is 4.80. The molecule has 1 fully saturated rings. The SMILES string of the molecule is COc1ccc(NC(=O)C[NH+](C)CC(=O)N(C)C2CCCCC2)cc1. The number of likely N-dealkylation sites (N-methyl/N-ethyl adjacent to an activating group) is 2. The van der Waals surface area contributed by atoms with Crippen LogP contribution in [0, 0.1) is 0 Å². The van der Waals surface area contributed by atoms with Crippen molar-refractivity contribution < 1.29 is 19.2 Å². The molecule has 1 aliphatic rings. The fourth-order valence-corrected chi connectivity index (χ4v) is 3.27. The van der Waals surface area contributed by atoms with Crippen LogP contribution in [0.15, 0.2) is 24.3 Å². The lowest BCUT2D eigenvalue weighted by Crippen LogP contribution is -3.11. The Hall–Kier alpha value is -2.08. The van der Waals surface area contributed by atoms with Crippen molar-refractivity contribution in [3.63, 3.8) is 0 Å². The molecule has 25 heavy (non-hydrogen) atoms. The molecule has 2 rings (SSSR count). The summed E-state index contributed by atoms with van der Waals surface area (Å²) in [6.45, 7) is 0.597. The van der Waals surface area contributed by atoms with Crippen LogP contribution in [0.2, 0.25) is 0 Å². The van der Waals surface area contributed by atoms with Gasteiger partial charge in [-0.2, -0.15) is 0 Å². The van der Waals surface area contributed by atoms with Crippen LogP contribution in [0.4, 0.5) is 5.69 Å². The number of nitrogens with zero attached hydrogens (tertiary/aromatic N) is 1. The summed E-state index contributed by atoms with van der Waals surface area (Å²) >= 11 is 0. The molecule has 1 aromatic rings. The first-order valence-electron chi connectivity index (χ1n) is 9.00. The van der Waals surface area contributed by atoms with Crippen molar-refractivity contribution in [1.29, 1.82) is 0 Å². The van der Waals surface area contributed by atoms with Crippen LogP contribution >= 0.6 is 0 Å². The minimum atomic E-state index is -0.101. The molecule has 0 saturated heterocycles. The number of hydrogen-bond donors (Lipinski definition) is 2. The summed E-state index contributed by atoms with van der Waals surface area (Å²) in [7, 11) is 5.37. The molecular weight excluding hydrogens is 318 g/mol. The molecule has 1 aliphatic carbocycles. The van der Waals surface area contributed by atoms with Crippen molar-refractivity contribution in [2.24, 2.45) is 0 Å². The van der Waals surface area contributed by atoms with Crippen LogP contribution in [-0.2, 0) is 9.59 Å². The van der Waals surface area contributed by atoms with Gasteiger partial charge in [0.05, 0.1) is 14.2 Å². The van der Waals surface area contributed by atoms with Crippen LogP contribution in [-0.4, -0.2) is 57.1 Å². The molecule has 2 amide bonds. The molecule has 6 nitrogen and oxygen atoms in total. The molecule has 6 heteroatoms. The molecule has 0 aliphatic heterocycles. The van der Waals surface area contributed by atoms with Gasteiger partial charge in [0.25, 0.3) is 11.8 Å². The first-order valence-corrected chi connectivity index (χ1v) is 9.00. The van der Waals surface area contributed by atoms with Gasteiger partial charge in [0, 0.05) is 18.8 Å². The molecule has 1 aromatic carbocycles. The molecule has 1 saturated carbocycles. The maximum atomic E-state index is 12.4. The van der Waals surface area contributed by atoms with Gasteiger partial charge in [0.2, 0.25) is 0 Å². The Morgan fingerprint density at radius 2 is 1.80 bits per heavy atom. The molecule has 0 aromatic heterocycles. The van der Waals surface area contributed by atoms with E-state index in [0.717, 1.165) is 29.2 Å². The highest BCUT2D eigenvalue weighted by Gasteiger charge is 2.24. The molecule has 138 valence electrons. The third-order valence-electron chi connectivity index (χ3n) is 4.80. The summed E-state index contributed by atoms with van der Waals surface area (Å²) < 4.78 is 5.10. The second-order valence-electron chi connectivity index (χ2n) is 6.88. The highest BCUT2D eigenvalue weighted by atomic mass is 16.5. The molecule has 0 radical (unpaired) electrons. The zero-order chi connectivity index (χ0) is 18.2. The van der Waals surface area contributed by atoms with E-state index in [-0.39, 0.29) is 18.4 Å². The predicted molar refractivity (Wildman–Crippen MR) is 97.9 cm³/mol. The topological polar surface area (TPSA) is 63.1 Å². The van der Waals surface area contributed by atoms with Gasteiger partial charge in [0.1, 0.15) is 5.75 Å². The van der Waals surface area contributed by atoms with Gasteiger partial charge in [-0.05, 0) is 37.1 Å². The van der Waals surface area contributed by atoms with Gasteiger partial charge in [-0.15, -0.1) is 0 Å². The van der Waals surface area contributed by atoms with E-state index >= 15 is 0 Å². The quantitative estimate of drug-likeness (QED) is 0.771. The summed E-state index contributed by atoms with van der Waals surface area (Å²) in [6, 6.07) is 7.56. The lowest BCUT2D eigenvalue weighted by molar-refractivity contribution is -0.862. The van der Waals surface area contributed by atoms with Crippen LogP contribution in [0.1, 0.15) is 32.1 Å². The van der Waals surface area contributed by atoms with Gasteiger partial charge in [-0.25, -0.2) is 0 Å². The highest BCUT2D eigenvalue weighted by Crippen LogP contribution is 2.21. The van der Waals surface area contributed by atoms with E-state index in [1.54, 1.807) is 31.4 Å². The number of quaternary nitrogens is 1. The second kappa shape index (κ2) is 9.42. The van der Waals surface area contributed by atoms with Gasteiger partial charge in [-0.1, -0.05) is 19.3 Å². The fraction of sp³-hybridized carbons (Fsp3) is 0.579. The monoisotopic (exact) mass is 348 g/mol. The molecule has 1 unspecified atom stereocenters. The van der Waals surface area contributed by atoms with E-state index in [4.69, 9.17) is 4.74 Å². The average Bonchev–Trinajstić information content (AvgIpc) is 2.62. The number of benzene rings is 1. The van der Waals surface area contributed by atoms with Crippen molar-refractivity contribution >= 4 is 17.5 Å². The highest BCUT2D eigenvalue weighted by molar-refractivity contribution is 5.91. The third kappa shape index (κ3) is 6.05. The number of nitrogens with one attached hydrogen (secondary N) is 2. The van der Waals surface area contributed by atoms with E-state index < -0.39 is 0 Å². The Morgan fingerprint density at radius 3 is 2.40 bits per heavy atom. The number of methoxy groups -OCH3 is 1. The van der Waals surface area contributed by atoms with Crippen LogP contribution in [0.5, 0.6) is 5.75 Å². The predicted octanol–water partition coefficient (Wildman–Crippen LogP) is 0.940. The Bertz CT molecular complexity index is 568. The van der Waals surface area contributed by atoms with E-state index in [0.29, 0.717) is 12.6 Å². The minimum absolute atomic E-state index is 0.101. The van der Waals surface area contributed by atoms with Crippen molar-refractivity contribution in [2.75, 3.05) is 39.6 Å². The normalized spacial score (nSPS) is 16.1. The Balaban J connectivity index is 1.76. The van der Waals surface area contributed by atoms with Gasteiger partial charge >= 0.3 is 0 Å². The number of carbonyl (C=O) groups is 2. The van der Waals surface area contributed by atoms with Crippen molar-refractivity contribution in [2.45, 2.75) is 38.1 Å². The van der Waals surface area contributed by atoms with Crippen molar-refractivity contribution in [3.8, 4) is 5.75 Å². The summed E-state index contributed by atoms with van der Waals surface area (Å²) in [5.41, 5.74) is 0.726. The summed E-state index contributed by atoms with van der Waals surface area (Å²) in [5, 5.41) is 2.85. The van der Waals surface area contributed by atoms with Crippen LogP contribution in [0.25, 0.3) is 0 Å². The lowest BCUT2D eigenvalue weighted by Gasteiger charge is -2.31. The summed E-state index contributed by atoms with van der Waals surface area (Å²) in [4.78, 5) is 27.3. The zero-order valence-corrected chi connectivity index (χ0v) is 15.5. The molecule has 0 heterocycles. The molecule has 0 bridgehead atoms. The number of carbonyl (C=O) groups excluding carboxylic acids is 2. The maximum Gasteiger partial charge on any atom is 0.279 e.